The Balaban J connectivity index is 2.50. The van der Waals surface area contributed by atoms with Gasteiger partial charge in [-0.2, -0.15) is 0 Å². The van der Waals surface area contributed by atoms with Crippen molar-refractivity contribution in [1.82, 2.24) is 10.2 Å². The first-order chi connectivity index (χ1) is 16.9. The third-order valence-electron chi connectivity index (χ3n) is 5.28. The lowest BCUT2D eigenvalue weighted by atomic mass is 10.1. The number of nitrogens with one attached hydrogen (secondary N) is 1. The molecule has 1 N–H and O–H groups in total. The molecule has 0 fully saturated rings. The Labute approximate surface area is 218 Å². The van der Waals surface area contributed by atoms with Gasteiger partial charge in [0.1, 0.15) is 24.0 Å². The summed E-state index contributed by atoms with van der Waals surface area (Å²) in [6.07, 6.45) is 1.58. The van der Waals surface area contributed by atoms with Crippen LogP contribution in [-0.4, -0.2) is 62.6 Å². The zero-order chi connectivity index (χ0) is 27.0. The normalized spacial score (nSPS) is 11.9. The van der Waals surface area contributed by atoms with E-state index in [0.717, 1.165) is 21.1 Å². The van der Waals surface area contributed by atoms with Crippen molar-refractivity contribution >= 4 is 49.1 Å². The molecule has 0 spiro atoms. The fourth-order valence-electron chi connectivity index (χ4n) is 3.39. The van der Waals surface area contributed by atoms with Gasteiger partial charge in [-0.3, -0.25) is 24.0 Å². The first-order valence-electron chi connectivity index (χ1n) is 11.0. The number of nitro groups is 1. The van der Waals surface area contributed by atoms with Crippen LogP contribution in [0.3, 0.4) is 0 Å². The van der Waals surface area contributed by atoms with Gasteiger partial charge in [0.2, 0.25) is 21.8 Å². The van der Waals surface area contributed by atoms with E-state index in [0.29, 0.717) is 18.5 Å². The van der Waals surface area contributed by atoms with Crippen LogP contribution in [0.4, 0.5) is 11.4 Å². The first-order valence-corrected chi connectivity index (χ1v) is 13.6. The maximum Gasteiger partial charge on any atom is 0.271 e. The Morgan fingerprint density at radius 2 is 1.92 bits per heavy atom. The van der Waals surface area contributed by atoms with E-state index < -0.39 is 33.4 Å². The molecular weight excluding hydrogens is 556 g/mol. The monoisotopic (exact) mass is 584 g/mol. The molecule has 1 atom stereocenters. The predicted molar refractivity (Wildman–Crippen MR) is 139 cm³/mol. The average Bonchev–Trinajstić information content (AvgIpc) is 2.82. The number of hydrogen-bond donors (Lipinski definition) is 1. The lowest BCUT2D eigenvalue weighted by molar-refractivity contribution is -0.384. The average molecular weight is 585 g/mol. The van der Waals surface area contributed by atoms with Crippen molar-refractivity contribution in [3.63, 3.8) is 0 Å². The molecule has 0 bridgehead atoms. The quantitative estimate of drug-likeness (QED) is 0.298. The van der Waals surface area contributed by atoms with Gasteiger partial charge in [-0.25, -0.2) is 8.42 Å². The Hall–Kier alpha value is -3.19. The van der Waals surface area contributed by atoms with E-state index >= 15 is 0 Å². The van der Waals surface area contributed by atoms with Crippen molar-refractivity contribution in [2.75, 3.05) is 30.8 Å². The number of methoxy groups -OCH3 is 1. The van der Waals surface area contributed by atoms with E-state index in [4.69, 9.17) is 4.74 Å². The van der Waals surface area contributed by atoms with E-state index in [1.54, 1.807) is 25.1 Å². The van der Waals surface area contributed by atoms with Crippen LogP contribution < -0.4 is 14.4 Å². The summed E-state index contributed by atoms with van der Waals surface area (Å²) in [4.78, 5) is 38.2. The van der Waals surface area contributed by atoms with Gasteiger partial charge in [-0.05, 0) is 37.1 Å². The van der Waals surface area contributed by atoms with Gasteiger partial charge in [0.15, 0.2) is 0 Å². The summed E-state index contributed by atoms with van der Waals surface area (Å²) in [5.74, 6) is -1.03. The summed E-state index contributed by atoms with van der Waals surface area (Å²) >= 11 is 3.38. The molecule has 36 heavy (non-hydrogen) atoms. The number of anilines is 1. The number of carbonyl (C=O) groups excluding carboxylic acids is 2. The molecule has 0 aliphatic heterocycles. The highest BCUT2D eigenvalue weighted by Crippen LogP contribution is 2.34. The zero-order valence-electron chi connectivity index (χ0n) is 20.4. The van der Waals surface area contributed by atoms with Crippen molar-refractivity contribution < 1.29 is 27.7 Å². The second-order valence-electron chi connectivity index (χ2n) is 8.00. The molecule has 196 valence electrons. The van der Waals surface area contributed by atoms with Crippen molar-refractivity contribution in [2.45, 2.75) is 32.9 Å². The number of nitrogens with zero attached hydrogens (tertiary/aromatic N) is 3. The minimum absolute atomic E-state index is 0.0304. The van der Waals surface area contributed by atoms with Crippen LogP contribution in [0.15, 0.2) is 46.9 Å². The van der Waals surface area contributed by atoms with Crippen molar-refractivity contribution in [2.24, 2.45) is 0 Å². The molecule has 0 aliphatic carbocycles. The van der Waals surface area contributed by atoms with Crippen LogP contribution in [0.25, 0.3) is 0 Å². The highest BCUT2D eigenvalue weighted by Gasteiger charge is 2.32. The Morgan fingerprint density at radius 1 is 1.22 bits per heavy atom. The molecule has 0 saturated carbocycles. The fraction of sp³-hybridized carbons (Fsp3) is 0.391. The predicted octanol–water partition coefficient (Wildman–Crippen LogP) is 3.08. The van der Waals surface area contributed by atoms with E-state index in [1.807, 2.05) is 13.0 Å². The number of amides is 2. The molecule has 0 unspecified atom stereocenters. The molecule has 2 amide bonds. The maximum absolute atomic E-state index is 13.6. The minimum atomic E-state index is -4.09. The summed E-state index contributed by atoms with van der Waals surface area (Å²) in [6.45, 7) is 3.20. The van der Waals surface area contributed by atoms with Gasteiger partial charge >= 0.3 is 0 Å². The number of sulfonamides is 1. The summed E-state index contributed by atoms with van der Waals surface area (Å²) in [6, 6.07) is 9.70. The highest BCUT2D eigenvalue weighted by molar-refractivity contribution is 9.10. The summed E-state index contributed by atoms with van der Waals surface area (Å²) in [7, 11) is -2.80. The number of hydrogen-bond acceptors (Lipinski definition) is 7. The molecule has 2 aromatic carbocycles. The number of rotatable bonds is 12. The van der Waals surface area contributed by atoms with E-state index in [1.165, 1.54) is 24.1 Å². The first kappa shape index (κ1) is 29.0. The van der Waals surface area contributed by atoms with Gasteiger partial charge in [-0.1, -0.05) is 35.0 Å². The molecule has 0 heterocycles. The second kappa shape index (κ2) is 12.7. The largest absolute Gasteiger partial charge is 0.495 e. The van der Waals surface area contributed by atoms with Gasteiger partial charge in [0, 0.05) is 29.7 Å². The standard InChI is InChI=1S/C23H29BrN4O7S/c1-5-11-25-23(30)16(2)26(14-17-7-6-8-18(24)12-17)22(29)15-27(36(4,33)34)20-13-19(28(31)32)9-10-21(20)35-3/h6-10,12-13,16H,5,11,14-15H2,1-4H3,(H,25,30)/t16-/m1/s1. The third-order valence-corrected chi connectivity index (χ3v) is 6.90. The molecule has 0 radical (unpaired) electrons. The molecule has 0 aromatic heterocycles. The summed E-state index contributed by atoms with van der Waals surface area (Å²) in [5, 5.41) is 14.1. The van der Waals surface area contributed by atoms with E-state index in [2.05, 4.69) is 21.2 Å². The van der Waals surface area contributed by atoms with Crippen LogP contribution in [-0.2, 0) is 26.2 Å². The molecule has 0 saturated heterocycles. The SMILES string of the molecule is CCCNC(=O)[C@@H](C)N(Cc1cccc(Br)c1)C(=O)CN(c1cc([N+](=O)[O-])ccc1OC)S(C)(=O)=O. The van der Waals surface area contributed by atoms with Crippen LogP contribution >= 0.6 is 15.9 Å². The topological polar surface area (TPSA) is 139 Å². The Bertz CT molecular complexity index is 1220. The van der Waals surface area contributed by atoms with Crippen molar-refractivity contribution in [3.8, 4) is 5.75 Å². The highest BCUT2D eigenvalue weighted by atomic mass is 79.9. The van der Waals surface area contributed by atoms with Crippen LogP contribution in [0.1, 0.15) is 25.8 Å². The Morgan fingerprint density at radius 3 is 2.47 bits per heavy atom. The molecule has 13 heteroatoms. The van der Waals surface area contributed by atoms with Crippen molar-refractivity contribution in [3.05, 3.63) is 62.6 Å². The van der Waals surface area contributed by atoms with Gasteiger partial charge in [0.25, 0.3) is 5.69 Å². The lowest BCUT2D eigenvalue weighted by Gasteiger charge is -2.31. The molecular formula is C23H29BrN4O7S. The molecule has 0 aliphatic rings. The van der Waals surface area contributed by atoms with Crippen LogP contribution in [0.2, 0.25) is 0 Å². The van der Waals surface area contributed by atoms with Gasteiger partial charge in [-0.15, -0.1) is 0 Å². The smallest absolute Gasteiger partial charge is 0.271 e. The fourth-order valence-corrected chi connectivity index (χ4v) is 4.68. The third kappa shape index (κ3) is 7.65. The zero-order valence-corrected chi connectivity index (χ0v) is 22.8. The van der Waals surface area contributed by atoms with Crippen LogP contribution in [0.5, 0.6) is 5.75 Å². The Kier molecular flexibility index (Phi) is 10.2. The van der Waals surface area contributed by atoms with Crippen molar-refractivity contribution in [1.29, 1.82) is 0 Å². The van der Waals surface area contributed by atoms with E-state index in [9.17, 15) is 28.1 Å². The number of benzene rings is 2. The van der Waals surface area contributed by atoms with E-state index in [-0.39, 0.29) is 29.6 Å². The number of non-ortho nitro benzene ring substituents is 1. The second-order valence-corrected chi connectivity index (χ2v) is 10.8. The minimum Gasteiger partial charge on any atom is -0.495 e. The molecule has 11 nitrogen and oxygen atoms in total. The van der Waals surface area contributed by atoms with Gasteiger partial charge in [0.05, 0.1) is 18.3 Å². The number of ether oxygens (including phenoxy) is 1. The summed E-state index contributed by atoms with van der Waals surface area (Å²) in [5.41, 5.74) is 0.185. The number of nitro benzene ring substituents is 1. The summed E-state index contributed by atoms with van der Waals surface area (Å²) < 4.78 is 32.2. The van der Waals surface area contributed by atoms with Gasteiger partial charge < -0.3 is 15.0 Å². The molecule has 2 aromatic rings. The number of carbonyl (C=O) groups is 2. The lowest BCUT2D eigenvalue weighted by Crippen LogP contribution is -2.51. The number of halogens is 1. The molecule has 2 rings (SSSR count). The van der Waals surface area contributed by atoms with Crippen LogP contribution in [0, 0.1) is 10.1 Å². The maximum atomic E-state index is 13.6.